The van der Waals surface area contributed by atoms with E-state index in [1.807, 2.05) is 23.5 Å². The molecule has 120 valence electrons. The van der Waals surface area contributed by atoms with Crippen LogP contribution in [0.25, 0.3) is 0 Å². The SMILES string of the molecule is CC1=C(C)[C@@H]2SC=[C-]C2=C1.CC1=C(C)[C@H]2SC=[C-]C2=C1.[Cl-].[Cl-].[Zr+4]. The molecule has 0 aromatic carbocycles. The summed E-state index contributed by atoms with van der Waals surface area (Å²) in [5.74, 6) is 0. The number of allylic oxidation sites excluding steroid dienone is 6. The smallest absolute Gasteiger partial charge is 1.00 e. The Kier molecular flexibility index (Phi) is 10.2. The molecule has 4 rings (SSSR count). The molecular formula is C18H18Cl2S2Zr. The summed E-state index contributed by atoms with van der Waals surface area (Å²) < 4.78 is 0. The molecule has 0 saturated carbocycles. The molecule has 0 N–H and O–H groups in total. The first-order valence-corrected chi connectivity index (χ1v) is 8.72. The Labute approximate surface area is 180 Å². The third kappa shape index (κ3) is 4.82. The summed E-state index contributed by atoms with van der Waals surface area (Å²) in [7, 11) is 0. The van der Waals surface area contributed by atoms with Crippen molar-refractivity contribution in [3.63, 3.8) is 0 Å². The van der Waals surface area contributed by atoms with E-state index in [1.54, 1.807) is 0 Å². The maximum Gasteiger partial charge on any atom is 4.00 e. The van der Waals surface area contributed by atoms with Gasteiger partial charge >= 0.3 is 26.2 Å². The summed E-state index contributed by atoms with van der Waals surface area (Å²) >= 11 is 3.73. The van der Waals surface area contributed by atoms with Gasteiger partial charge in [-0.2, -0.15) is 0 Å². The van der Waals surface area contributed by atoms with Crippen LogP contribution in [0.4, 0.5) is 0 Å². The molecule has 0 radical (unpaired) electrons. The Bertz CT molecular complexity index is 583. The van der Waals surface area contributed by atoms with Crippen molar-refractivity contribution in [2.24, 2.45) is 0 Å². The summed E-state index contributed by atoms with van der Waals surface area (Å²) in [5, 5.41) is 5.35. The Morgan fingerprint density at radius 1 is 0.739 bits per heavy atom. The van der Waals surface area contributed by atoms with Gasteiger partial charge in [-0.3, -0.25) is 0 Å². The molecule has 0 amide bonds. The van der Waals surface area contributed by atoms with Gasteiger partial charge in [0, 0.05) is 10.5 Å². The maximum atomic E-state index is 3.24. The minimum absolute atomic E-state index is 0. The van der Waals surface area contributed by atoms with E-state index in [2.05, 4.69) is 62.8 Å². The predicted molar refractivity (Wildman–Crippen MR) is 91.3 cm³/mol. The first-order valence-electron chi connectivity index (χ1n) is 6.83. The Morgan fingerprint density at radius 2 is 1.09 bits per heavy atom. The number of fused-ring (bicyclic) bond motifs is 2. The van der Waals surface area contributed by atoms with Crippen molar-refractivity contribution in [1.82, 2.24) is 0 Å². The van der Waals surface area contributed by atoms with Gasteiger partial charge in [0.15, 0.2) is 0 Å². The maximum absolute atomic E-state index is 3.24. The molecule has 0 aromatic rings. The van der Waals surface area contributed by atoms with Gasteiger partial charge in [-0.25, -0.2) is 35.5 Å². The number of rotatable bonds is 0. The fourth-order valence-electron chi connectivity index (χ4n) is 2.65. The molecule has 23 heavy (non-hydrogen) atoms. The molecule has 0 spiro atoms. The molecular weight excluding hydrogens is 442 g/mol. The van der Waals surface area contributed by atoms with Crippen molar-refractivity contribution in [3.8, 4) is 0 Å². The van der Waals surface area contributed by atoms with Gasteiger partial charge in [-0.05, 0) is 13.8 Å². The second kappa shape index (κ2) is 9.92. The molecule has 0 bridgehead atoms. The van der Waals surface area contributed by atoms with Crippen LogP contribution < -0.4 is 24.8 Å². The van der Waals surface area contributed by atoms with E-state index in [9.17, 15) is 0 Å². The zero-order valence-electron chi connectivity index (χ0n) is 13.5. The summed E-state index contributed by atoms with van der Waals surface area (Å²) in [5.41, 5.74) is 8.57. The molecule has 0 unspecified atom stereocenters. The molecule has 2 aliphatic heterocycles. The van der Waals surface area contributed by atoms with Crippen LogP contribution in [0.15, 0.2) is 56.4 Å². The summed E-state index contributed by atoms with van der Waals surface area (Å²) in [6.07, 6.45) is 10.9. The van der Waals surface area contributed by atoms with Gasteiger partial charge in [0.25, 0.3) is 0 Å². The number of hydrogen-bond donors (Lipinski definition) is 0. The van der Waals surface area contributed by atoms with Crippen LogP contribution in [0.3, 0.4) is 0 Å². The van der Waals surface area contributed by atoms with Gasteiger partial charge < -0.3 is 24.8 Å². The molecule has 2 aliphatic carbocycles. The summed E-state index contributed by atoms with van der Waals surface area (Å²) in [6, 6.07) is 0. The van der Waals surface area contributed by atoms with Gasteiger partial charge in [0.05, 0.1) is 0 Å². The molecule has 2 heterocycles. The van der Waals surface area contributed by atoms with Gasteiger partial charge in [-0.1, -0.05) is 25.0 Å². The van der Waals surface area contributed by atoms with Gasteiger partial charge in [0.1, 0.15) is 0 Å². The first-order chi connectivity index (χ1) is 9.58. The quantitative estimate of drug-likeness (QED) is 0.443. The molecule has 5 heteroatoms. The van der Waals surface area contributed by atoms with Gasteiger partial charge in [0.2, 0.25) is 0 Å². The van der Waals surface area contributed by atoms with Crippen molar-refractivity contribution in [3.05, 3.63) is 68.6 Å². The van der Waals surface area contributed by atoms with Crippen molar-refractivity contribution < 1.29 is 51.0 Å². The minimum atomic E-state index is 0. The largest absolute Gasteiger partial charge is 4.00 e. The van der Waals surface area contributed by atoms with E-state index in [4.69, 9.17) is 0 Å². The third-order valence-corrected chi connectivity index (χ3v) is 6.47. The average molecular weight is 461 g/mol. The molecule has 0 nitrogen and oxygen atoms in total. The van der Waals surface area contributed by atoms with Crippen LogP contribution >= 0.6 is 23.5 Å². The van der Waals surface area contributed by atoms with Crippen LogP contribution in [-0.4, -0.2) is 10.5 Å². The van der Waals surface area contributed by atoms with Crippen molar-refractivity contribution in [1.29, 1.82) is 0 Å². The van der Waals surface area contributed by atoms with E-state index in [0.717, 1.165) is 0 Å². The topological polar surface area (TPSA) is 0 Å². The van der Waals surface area contributed by atoms with E-state index in [1.165, 1.54) is 33.4 Å². The second-order valence-electron chi connectivity index (χ2n) is 5.49. The van der Waals surface area contributed by atoms with Crippen LogP contribution in [0.5, 0.6) is 0 Å². The summed E-state index contributed by atoms with van der Waals surface area (Å²) in [6.45, 7) is 8.75. The average Bonchev–Trinajstić information content (AvgIpc) is 3.13. The van der Waals surface area contributed by atoms with Gasteiger partial charge in [-0.15, -0.1) is 45.5 Å². The Balaban J connectivity index is 0.000000372. The Morgan fingerprint density at radius 3 is 1.39 bits per heavy atom. The van der Waals surface area contributed by atoms with Crippen LogP contribution in [-0.2, 0) is 26.2 Å². The van der Waals surface area contributed by atoms with E-state index in [0.29, 0.717) is 10.5 Å². The van der Waals surface area contributed by atoms with E-state index < -0.39 is 0 Å². The molecule has 4 aliphatic rings. The van der Waals surface area contributed by atoms with Crippen LogP contribution in [0.2, 0.25) is 0 Å². The zero-order chi connectivity index (χ0) is 14.3. The third-order valence-electron chi connectivity index (χ3n) is 4.20. The number of hydrogen-bond acceptors (Lipinski definition) is 2. The number of thioether (sulfide) groups is 2. The fourth-order valence-corrected chi connectivity index (χ4v) is 4.68. The van der Waals surface area contributed by atoms with Crippen molar-refractivity contribution >= 4 is 23.5 Å². The van der Waals surface area contributed by atoms with Crippen molar-refractivity contribution in [2.45, 2.75) is 38.2 Å². The van der Waals surface area contributed by atoms with E-state index >= 15 is 0 Å². The number of halogens is 2. The molecule has 0 fully saturated rings. The standard InChI is InChI=1S/2C9H9S.2ClH.Zr/c2*1-6-5-8-3-4-10-9(8)7(6)2;;;/h2*4-5,9H,1-2H3;2*1H;/q2*-1;;;+4/p-2/t2*9-;;;/m10.../s1. The summed E-state index contributed by atoms with van der Waals surface area (Å²) in [4.78, 5) is 0. The predicted octanol–water partition coefficient (Wildman–Crippen LogP) is -0.604. The second-order valence-corrected chi connectivity index (χ2v) is 7.45. The first kappa shape index (κ1) is 23.6. The molecule has 0 saturated heterocycles. The normalized spacial score (nSPS) is 25.6. The monoisotopic (exact) mass is 458 g/mol. The fraction of sp³-hybridized carbons (Fsp3) is 0.333. The minimum Gasteiger partial charge on any atom is -1.00 e. The zero-order valence-corrected chi connectivity index (χ0v) is 19.1. The van der Waals surface area contributed by atoms with Crippen LogP contribution in [0.1, 0.15) is 27.7 Å². The van der Waals surface area contributed by atoms with Crippen molar-refractivity contribution in [2.75, 3.05) is 0 Å². The Hall–Kier alpha value is 0.603. The van der Waals surface area contributed by atoms with Crippen LogP contribution in [0, 0.1) is 12.2 Å². The van der Waals surface area contributed by atoms with E-state index in [-0.39, 0.29) is 51.0 Å². The molecule has 0 aromatic heterocycles. The molecule has 2 atom stereocenters.